The molecule has 1 amide bonds. The van der Waals surface area contributed by atoms with Crippen molar-refractivity contribution in [3.8, 4) is 0 Å². The van der Waals surface area contributed by atoms with Crippen molar-refractivity contribution in [3.05, 3.63) is 105 Å². The lowest BCUT2D eigenvalue weighted by Crippen LogP contribution is -2.47. The molecule has 2 saturated heterocycles. The van der Waals surface area contributed by atoms with E-state index in [1.54, 1.807) is 35.1 Å². The van der Waals surface area contributed by atoms with E-state index in [-0.39, 0.29) is 18.0 Å². The molecule has 2 fully saturated rings. The van der Waals surface area contributed by atoms with Gasteiger partial charge in [0.1, 0.15) is 21.5 Å². The Morgan fingerprint density at radius 2 is 1.79 bits per heavy atom. The van der Waals surface area contributed by atoms with Crippen molar-refractivity contribution in [2.24, 2.45) is 0 Å². The first-order valence-corrected chi connectivity index (χ1v) is 14.0. The number of aromatic nitrogens is 2. The molecular formula is C29H27N5O3S2. The lowest BCUT2D eigenvalue weighted by atomic mass is 10.1. The van der Waals surface area contributed by atoms with Gasteiger partial charge >= 0.3 is 0 Å². The van der Waals surface area contributed by atoms with Gasteiger partial charge in [-0.3, -0.25) is 23.8 Å². The number of hydrogen-bond donors (Lipinski definition) is 0. The van der Waals surface area contributed by atoms with Crippen molar-refractivity contribution in [2.75, 3.05) is 31.1 Å². The smallest absolute Gasteiger partial charge is 0.267 e. The normalized spacial score (nSPS) is 17.6. The van der Waals surface area contributed by atoms with E-state index in [1.807, 2.05) is 25.1 Å². The minimum atomic E-state index is -0.242. The van der Waals surface area contributed by atoms with Crippen LogP contribution in [0.2, 0.25) is 0 Å². The van der Waals surface area contributed by atoms with Gasteiger partial charge in [-0.05, 0) is 42.3 Å². The molecule has 0 bridgehead atoms. The van der Waals surface area contributed by atoms with Crippen molar-refractivity contribution in [1.29, 1.82) is 0 Å². The summed E-state index contributed by atoms with van der Waals surface area (Å²) in [6, 6.07) is 17.8. The van der Waals surface area contributed by atoms with E-state index < -0.39 is 0 Å². The summed E-state index contributed by atoms with van der Waals surface area (Å²) in [6.45, 7) is 6.21. The number of carbonyl (C=O) groups excluding carboxylic acids is 1. The number of anilines is 1. The summed E-state index contributed by atoms with van der Waals surface area (Å²) in [5.41, 5.74) is 3.00. The van der Waals surface area contributed by atoms with Crippen LogP contribution in [0, 0.1) is 6.92 Å². The van der Waals surface area contributed by atoms with Gasteiger partial charge in [-0.15, -0.1) is 0 Å². The lowest BCUT2D eigenvalue weighted by Gasteiger charge is -2.36. The monoisotopic (exact) mass is 557 g/mol. The molecule has 3 aromatic heterocycles. The Labute approximate surface area is 235 Å². The molecule has 0 spiro atoms. The van der Waals surface area contributed by atoms with Gasteiger partial charge in [-0.2, -0.15) is 0 Å². The minimum Gasteiger partial charge on any atom is -0.467 e. The van der Waals surface area contributed by atoms with Crippen LogP contribution in [-0.2, 0) is 17.9 Å². The van der Waals surface area contributed by atoms with Crippen LogP contribution >= 0.6 is 24.0 Å². The molecule has 0 saturated carbocycles. The average molecular weight is 558 g/mol. The lowest BCUT2D eigenvalue weighted by molar-refractivity contribution is -0.122. The standard InChI is InChI=1S/C29H27N5O3S2/c1-20-7-5-11-33-25(20)30-26(32-14-12-31(13-15-32)18-21-8-3-2-4-9-21)23(27(33)35)17-24-28(36)34(29(38)39-24)19-22-10-6-16-37-22/h2-11,16-17H,12-15,18-19H2,1H3. The Morgan fingerprint density at radius 3 is 2.54 bits per heavy atom. The number of carbonyl (C=O) groups is 1. The van der Waals surface area contributed by atoms with Crippen LogP contribution in [-0.4, -0.2) is 55.6 Å². The number of pyridine rings is 1. The zero-order valence-electron chi connectivity index (χ0n) is 21.4. The SMILES string of the molecule is Cc1cccn2c(=O)c(C=C3SC(=S)N(Cc4ccco4)C3=O)c(N3CCN(Cc4ccccc4)CC3)nc12. The third-order valence-corrected chi connectivity index (χ3v) is 8.41. The number of aryl methyl sites for hydroxylation is 1. The van der Waals surface area contributed by atoms with Crippen LogP contribution < -0.4 is 10.5 Å². The second kappa shape index (κ2) is 10.8. The fourth-order valence-electron chi connectivity index (χ4n) is 4.95. The molecule has 39 heavy (non-hydrogen) atoms. The van der Waals surface area contributed by atoms with Crippen molar-refractivity contribution in [2.45, 2.75) is 20.0 Å². The van der Waals surface area contributed by atoms with Crippen molar-refractivity contribution in [1.82, 2.24) is 19.2 Å². The molecule has 0 N–H and O–H groups in total. The highest BCUT2D eigenvalue weighted by atomic mass is 32.2. The number of hydrogen-bond acceptors (Lipinski definition) is 8. The fourth-order valence-corrected chi connectivity index (χ4v) is 6.19. The third kappa shape index (κ3) is 5.15. The Morgan fingerprint density at radius 1 is 1.00 bits per heavy atom. The van der Waals surface area contributed by atoms with Crippen molar-refractivity contribution < 1.29 is 9.21 Å². The first kappa shape index (κ1) is 25.5. The highest BCUT2D eigenvalue weighted by Gasteiger charge is 2.34. The van der Waals surface area contributed by atoms with E-state index in [2.05, 4.69) is 34.1 Å². The third-order valence-electron chi connectivity index (χ3n) is 7.03. The zero-order valence-corrected chi connectivity index (χ0v) is 23.1. The molecule has 2 aliphatic heterocycles. The summed E-state index contributed by atoms with van der Waals surface area (Å²) >= 11 is 6.70. The number of benzene rings is 1. The number of nitrogens with zero attached hydrogens (tertiary/aromatic N) is 5. The average Bonchev–Trinajstić information content (AvgIpc) is 3.56. The van der Waals surface area contributed by atoms with Crippen LogP contribution in [0.3, 0.4) is 0 Å². The summed E-state index contributed by atoms with van der Waals surface area (Å²) in [5, 5.41) is 0. The maximum atomic E-state index is 13.8. The quantitative estimate of drug-likeness (QED) is 0.256. The first-order chi connectivity index (χ1) is 19.0. The predicted molar refractivity (Wildman–Crippen MR) is 158 cm³/mol. The summed E-state index contributed by atoms with van der Waals surface area (Å²) in [7, 11) is 0. The number of piperazine rings is 1. The van der Waals surface area contributed by atoms with E-state index in [1.165, 1.54) is 22.2 Å². The van der Waals surface area contributed by atoms with E-state index in [9.17, 15) is 9.59 Å². The molecule has 4 aromatic rings. The topological polar surface area (TPSA) is 74.3 Å². The Kier molecular flexibility index (Phi) is 7.07. The summed E-state index contributed by atoms with van der Waals surface area (Å²) in [4.78, 5) is 38.6. The van der Waals surface area contributed by atoms with Gasteiger partial charge < -0.3 is 9.32 Å². The molecule has 0 aliphatic carbocycles. The Balaban J connectivity index is 1.33. The number of fused-ring (bicyclic) bond motifs is 1. The summed E-state index contributed by atoms with van der Waals surface area (Å²) in [6.07, 6.45) is 4.95. The molecule has 0 unspecified atom stereocenters. The number of rotatable bonds is 6. The molecule has 10 heteroatoms. The second-order valence-corrected chi connectivity index (χ2v) is 11.3. The molecule has 198 valence electrons. The van der Waals surface area contributed by atoms with Crippen LogP contribution in [0.1, 0.15) is 22.5 Å². The van der Waals surface area contributed by atoms with Crippen LogP contribution in [0.4, 0.5) is 5.82 Å². The van der Waals surface area contributed by atoms with Crippen LogP contribution in [0.15, 0.2) is 81.2 Å². The molecule has 6 rings (SSSR count). The second-order valence-electron chi connectivity index (χ2n) is 9.64. The van der Waals surface area contributed by atoms with Crippen molar-refractivity contribution >= 4 is 51.7 Å². The Hall–Kier alpha value is -3.73. The molecule has 5 heterocycles. The molecule has 1 aromatic carbocycles. The predicted octanol–water partition coefficient (Wildman–Crippen LogP) is 4.32. The summed E-state index contributed by atoms with van der Waals surface area (Å²) in [5.74, 6) is 1.00. The van der Waals surface area contributed by atoms with Gasteiger partial charge in [-0.25, -0.2) is 4.98 Å². The van der Waals surface area contributed by atoms with E-state index in [4.69, 9.17) is 21.6 Å². The van der Waals surface area contributed by atoms with Crippen LogP contribution in [0.5, 0.6) is 0 Å². The van der Waals surface area contributed by atoms with E-state index >= 15 is 0 Å². The van der Waals surface area contributed by atoms with Gasteiger partial charge in [0.25, 0.3) is 11.5 Å². The highest BCUT2D eigenvalue weighted by Crippen LogP contribution is 2.34. The van der Waals surface area contributed by atoms with E-state index in [0.717, 1.165) is 38.3 Å². The van der Waals surface area contributed by atoms with E-state index in [0.29, 0.717) is 32.0 Å². The number of amides is 1. The van der Waals surface area contributed by atoms with Gasteiger partial charge in [0.15, 0.2) is 0 Å². The van der Waals surface area contributed by atoms with Gasteiger partial charge in [0.05, 0.1) is 23.3 Å². The fraction of sp³-hybridized carbons (Fsp3) is 0.241. The summed E-state index contributed by atoms with van der Waals surface area (Å²) < 4.78 is 7.40. The number of furan rings is 1. The van der Waals surface area contributed by atoms with Gasteiger partial charge in [-0.1, -0.05) is 60.4 Å². The highest BCUT2D eigenvalue weighted by molar-refractivity contribution is 8.26. The molecule has 0 atom stereocenters. The minimum absolute atomic E-state index is 0.207. The number of thioether (sulfide) groups is 1. The largest absolute Gasteiger partial charge is 0.467 e. The maximum Gasteiger partial charge on any atom is 0.267 e. The molecule has 2 aliphatic rings. The first-order valence-electron chi connectivity index (χ1n) is 12.8. The number of thiocarbonyl (C=S) groups is 1. The molecular weight excluding hydrogens is 530 g/mol. The van der Waals surface area contributed by atoms with Crippen LogP contribution in [0.25, 0.3) is 11.7 Å². The maximum absolute atomic E-state index is 13.8. The van der Waals surface area contributed by atoms with Crippen molar-refractivity contribution in [3.63, 3.8) is 0 Å². The Bertz CT molecular complexity index is 1620. The molecule has 8 nitrogen and oxygen atoms in total. The van der Waals surface area contributed by atoms with Gasteiger partial charge in [0.2, 0.25) is 0 Å². The zero-order chi connectivity index (χ0) is 26.9. The van der Waals surface area contributed by atoms with Gasteiger partial charge in [0, 0.05) is 38.9 Å². The molecule has 0 radical (unpaired) electrons.